The third kappa shape index (κ3) is 6.14. The molecule has 0 aromatic carbocycles. The number of rotatable bonds is 12. The molecule has 0 aromatic heterocycles. The second kappa shape index (κ2) is 9.61. The lowest BCUT2D eigenvalue weighted by Gasteiger charge is -2.32. The summed E-state index contributed by atoms with van der Waals surface area (Å²) in [6.07, 6.45) is 8.22. The Hall–Kier alpha value is -0.255. The Morgan fingerprint density at radius 2 is 1.52 bits per heavy atom. The van der Waals surface area contributed by atoms with Gasteiger partial charge in [-0.05, 0) is 59.7 Å². The minimum absolute atomic E-state index is 0.161. The van der Waals surface area contributed by atoms with Gasteiger partial charge in [-0.15, -0.1) is 11.6 Å². The maximum absolute atomic E-state index is 12.2. The van der Waals surface area contributed by atoms with E-state index in [1.54, 1.807) is 0 Å². The predicted octanol–water partition coefficient (Wildman–Crippen LogP) is 4.93. The quantitative estimate of drug-likeness (QED) is 0.300. The van der Waals surface area contributed by atoms with Crippen molar-refractivity contribution >= 4 is 24.6 Å². The lowest BCUT2D eigenvalue weighted by Crippen LogP contribution is -2.41. The molecule has 1 heterocycles. The SMILES string of the molecule is CCCCC(CCCCl)(CCCCB1OC(C)(C)C(C)(C)O1)C(N)=O. The van der Waals surface area contributed by atoms with Crippen LogP contribution in [-0.4, -0.2) is 30.1 Å². The Morgan fingerprint density at radius 1 is 1.00 bits per heavy atom. The summed E-state index contributed by atoms with van der Waals surface area (Å²) in [7, 11) is -0.161. The molecule has 0 aromatic rings. The Morgan fingerprint density at radius 3 is 2.00 bits per heavy atom. The number of primary amides is 1. The van der Waals surface area contributed by atoms with E-state index in [1.807, 2.05) is 0 Å². The van der Waals surface area contributed by atoms with E-state index in [-0.39, 0.29) is 24.2 Å². The van der Waals surface area contributed by atoms with Crippen LogP contribution in [0.4, 0.5) is 0 Å². The topological polar surface area (TPSA) is 61.6 Å². The summed E-state index contributed by atoms with van der Waals surface area (Å²) in [6.45, 7) is 10.4. The molecule has 146 valence electrons. The zero-order valence-electron chi connectivity index (χ0n) is 16.8. The summed E-state index contributed by atoms with van der Waals surface area (Å²) in [6, 6.07) is 0. The molecule has 25 heavy (non-hydrogen) atoms. The van der Waals surface area contributed by atoms with Gasteiger partial charge in [-0.3, -0.25) is 4.79 Å². The maximum Gasteiger partial charge on any atom is 0.457 e. The number of halogens is 1. The second-order valence-corrected chi connectivity index (χ2v) is 8.85. The second-order valence-electron chi connectivity index (χ2n) is 8.47. The van der Waals surface area contributed by atoms with Crippen LogP contribution in [0.2, 0.25) is 6.32 Å². The molecule has 0 spiro atoms. The summed E-state index contributed by atoms with van der Waals surface area (Å²) in [5.74, 6) is 0.413. The number of amides is 1. The van der Waals surface area contributed by atoms with Crippen molar-refractivity contribution in [1.82, 2.24) is 0 Å². The highest BCUT2D eigenvalue weighted by Gasteiger charge is 2.50. The third-order valence-electron chi connectivity index (χ3n) is 5.97. The molecule has 0 radical (unpaired) electrons. The molecule has 2 N–H and O–H groups in total. The van der Waals surface area contributed by atoms with Crippen LogP contribution in [0.5, 0.6) is 0 Å². The summed E-state index contributed by atoms with van der Waals surface area (Å²) in [5.41, 5.74) is 4.83. The van der Waals surface area contributed by atoms with Crippen molar-refractivity contribution in [3.05, 3.63) is 0 Å². The molecule has 6 heteroatoms. The zero-order valence-corrected chi connectivity index (χ0v) is 17.6. The fraction of sp³-hybridized carbons (Fsp3) is 0.947. The van der Waals surface area contributed by atoms with Gasteiger partial charge in [-0.1, -0.05) is 32.6 Å². The van der Waals surface area contributed by atoms with E-state index in [0.717, 1.165) is 57.7 Å². The predicted molar refractivity (Wildman–Crippen MR) is 106 cm³/mol. The van der Waals surface area contributed by atoms with Crippen LogP contribution in [0.15, 0.2) is 0 Å². The Labute approximate surface area is 159 Å². The van der Waals surface area contributed by atoms with Crippen molar-refractivity contribution in [3.8, 4) is 0 Å². The van der Waals surface area contributed by atoms with Gasteiger partial charge in [-0.2, -0.15) is 0 Å². The Balaban J connectivity index is 2.52. The molecule has 1 saturated heterocycles. The highest BCUT2D eigenvalue weighted by molar-refractivity contribution is 6.45. The van der Waals surface area contributed by atoms with Crippen molar-refractivity contribution in [2.45, 2.75) is 104 Å². The number of carbonyl (C=O) groups is 1. The van der Waals surface area contributed by atoms with Crippen molar-refractivity contribution in [2.75, 3.05) is 5.88 Å². The summed E-state index contributed by atoms with van der Waals surface area (Å²) >= 11 is 5.86. The number of nitrogens with two attached hydrogens (primary N) is 1. The minimum atomic E-state index is -0.402. The molecule has 1 amide bonds. The van der Waals surface area contributed by atoms with Gasteiger partial charge in [-0.25, -0.2) is 0 Å². The molecule has 0 saturated carbocycles. The first-order valence-electron chi connectivity index (χ1n) is 9.82. The molecule has 0 aliphatic carbocycles. The smallest absolute Gasteiger partial charge is 0.403 e. The van der Waals surface area contributed by atoms with E-state index >= 15 is 0 Å². The highest BCUT2D eigenvalue weighted by Crippen LogP contribution is 2.39. The highest BCUT2D eigenvalue weighted by atomic mass is 35.5. The van der Waals surface area contributed by atoms with E-state index in [0.29, 0.717) is 5.88 Å². The first-order chi connectivity index (χ1) is 11.6. The molecule has 1 atom stereocenters. The average Bonchev–Trinajstić information content (AvgIpc) is 2.73. The number of carbonyl (C=O) groups excluding carboxylic acids is 1. The van der Waals surface area contributed by atoms with Gasteiger partial charge in [0, 0.05) is 11.3 Å². The number of hydrogen-bond acceptors (Lipinski definition) is 3. The van der Waals surface area contributed by atoms with Crippen molar-refractivity contribution in [1.29, 1.82) is 0 Å². The van der Waals surface area contributed by atoms with Gasteiger partial charge in [0.25, 0.3) is 0 Å². The molecule has 0 bridgehead atoms. The van der Waals surface area contributed by atoms with Gasteiger partial charge in [0.15, 0.2) is 0 Å². The van der Waals surface area contributed by atoms with Crippen LogP contribution < -0.4 is 5.73 Å². The van der Waals surface area contributed by atoms with Gasteiger partial charge >= 0.3 is 7.12 Å². The molecule has 1 aliphatic rings. The molecule has 1 unspecified atom stereocenters. The summed E-state index contributed by atoms with van der Waals surface area (Å²) in [5, 5.41) is 0. The standard InChI is InChI=1S/C19H37BClNO3/c1-6-7-11-19(16(22)23,13-10-15-21)12-8-9-14-20-24-17(2,3)18(4,5)25-20/h6-15H2,1-5H3,(H2,22,23). The van der Waals surface area contributed by atoms with Gasteiger partial charge in [0.1, 0.15) is 0 Å². The van der Waals surface area contributed by atoms with E-state index in [2.05, 4.69) is 34.6 Å². The third-order valence-corrected chi connectivity index (χ3v) is 6.24. The molecule has 1 fully saturated rings. The van der Waals surface area contributed by atoms with Gasteiger partial charge in [0.05, 0.1) is 11.2 Å². The lowest BCUT2D eigenvalue weighted by molar-refractivity contribution is -0.129. The van der Waals surface area contributed by atoms with Crippen molar-refractivity contribution in [3.63, 3.8) is 0 Å². The summed E-state index contributed by atoms with van der Waals surface area (Å²) in [4.78, 5) is 12.2. The van der Waals surface area contributed by atoms with Crippen LogP contribution in [0.1, 0.15) is 86.0 Å². The number of alkyl halides is 1. The monoisotopic (exact) mass is 373 g/mol. The first kappa shape index (κ1) is 22.8. The van der Waals surface area contributed by atoms with Crippen LogP contribution >= 0.6 is 11.6 Å². The van der Waals surface area contributed by atoms with Gasteiger partial charge in [0.2, 0.25) is 5.91 Å². The molecule has 1 rings (SSSR count). The summed E-state index contributed by atoms with van der Waals surface area (Å²) < 4.78 is 12.1. The number of unbranched alkanes of at least 4 members (excludes halogenated alkanes) is 2. The van der Waals surface area contributed by atoms with Gasteiger partial charge < -0.3 is 15.0 Å². The van der Waals surface area contributed by atoms with E-state index in [4.69, 9.17) is 26.6 Å². The van der Waals surface area contributed by atoms with Crippen LogP contribution in [-0.2, 0) is 14.1 Å². The Kier molecular flexibility index (Phi) is 8.76. The Bertz CT molecular complexity index is 405. The lowest BCUT2D eigenvalue weighted by atomic mass is 9.73. The van der Waals surface area contributed by atoms with E-state index in [1.165, 1.54) is 0 Å². The molecule has 1 aliphatic heterocycles. The zero-order chi connectivity index (χ0) is 19.1. The fourth-order valence-corrected chi connectivity index (χ4v) is 3.66. The number of hydrogen-bond donors (Lipinski definition) is 1. The average molecular weight is 374 g/mol. The van der Waals surface area contributed by atoms with E-state index < -0.39 is 5.41 Å². The molecular weight excluding hydrogens is 336 g/mol. The largest absolute Gasteiger partial charge is 0.457 e. The van der Waals surface area contributed by atoms with Crippen molar-refractivity contribution in [2.24, 2.45) is 11.1 Å². The maximum atomic E-state index is 12.2. The van der Waals surface area contributed by atoms with Crippen LogP contribution in [0.25, 0.3) is 0 Å². The fourth-order valence-electron chi connectivity index (χ4n) is 3.52. The molecule has 4 nitrogen and oxygen atoms in total. The normalized spacial score (nSPS) is 21.3. The first-order valence-corrected chi connectivity index (χ1v) is 10.4. The van der Waals surface area contributed by atoms with Crippen LogP contribution in [0, 0.1) is 5.41 Å². The van der Waals surface area contributed by atoms with E-state index in [9.17, 15) is 4.79 Å². The minimum Gasteiger partial charge on any atom is -0.403 e. The molecular formula is C19H37BClNO3. The van der Waals surface area contributed by atoms with Crippen LogP contribution in [0.3, 0.4) is 0 Å². The van der Waals surface area contributed by atoms with Crippen molar-refractivity contribution < 1.29 is 14.1 Å².